The Morgan fingerprint density at radius 3 is 2.40 bits per heavy atom. The predicted octanol–water partition coefficient (Wildman–Crippen LogP) is 5.02. The van der Waals surface area contributed by atoms with Crippen molar-refractivity contribution in [2.75, 3.05) is 7.05 Å². The van der Waals surface area contributed by atoms with E-state index in [1.54, 1.807) is 60.7 Å². The van der Waals surface area contributed by atoms with Crippen LogP contribution in [0.5, 0.6) is 5.88 Å². The maximum absolute atomic E-state index is 14.0. The summed E-state index contributed by atoms with van der Waals surface area (Å²) in [5.41, 5.74) is 2.03. The number of rotatable bonds is 10. The summed E-state index contributed by atoms with van der Waals surface area (Å²) in [7, 11) is -2.95. The van der Waals surface area contributed by atoms with Crippen LogP contribution in [0.15, 0.2) is 87.4 Å². The summed E-state index contributed by atoms with van der Waals surface area (Å²) >= 11 is 0. The molecular formula is C32H32N4O5S. The van der Waals surface area contributed by atoms with Crippen molar-refractivity contribution in [1.82, 2.24) is 14.9 Å². The minimum Gasteiger partial charge on any atom is -0.492 e. The number of nitrogens with one attached hydrogen (secondary N) is 1. The number of aryl methyl sites for hydroxylation is 1. The number of hydrogen-bond donors (Lipinski definition) is 2. The number of nitriles is 1. The first-order chi connectivity index (χ1) is 20.2. The molecule has 0 radical (unpaired) electrons. The van der Waals surface area contributed by atoms with Gasteiger partial charge in [-0.25, -0.2) is 8.42 Å². The van der Waals surface area contributed by atoms with Gasteiger partial charge in [0.25, 0.3) is 11.5 Å². The van der Waals surface area contributed by atoms with E-state index in [4.69, 9.17) is 0 Å². The largest absolute Gasteiger partial charge is 0.492 e. The van der Waals surface area contributed by atoms with Crippen molar-refractivity contribution in [3.8, 4) is 23.1 Å². The summed E-state index contributed by atoms with van der Waals surface area (Å²) in [6.07, 6.45) is 2.26. The van der Waals surface area contributed by atoms with E-state index in [1.165, 1.54) is 23.7 Å². The molecule has 0 fully saturated rings. The molecule has 1 amide bonds. The standard InChI is InChI=1S/C32H32N4O5S/c1-4-6-13-28-35-31(38)29(32(39)36(28)27(5-2)24-11-7-9-21(18-24)20-33)42(40,41)26-16-14-22(15-17-26)23-10-8-12-25(19-23)30(37)34-3/h7-12,14-19,27,38H,4-6,13H2,1-3H3,(H,34,37). The van der Waals surface area contributed by atoms with Crippen LogP contribution in [-0.4, -0.2) is 36.0 Å². The Morgan fingerprint density at radius 1 is 1.05 bits per heavy atom. The number of hydrogen-bond acceptors (Lipinski definition) is 7. The lowest BCUT2D eigenvalue weighted by Crippen LogP contribution is -2.33. The maximum Gasteiger partial charge on any atom is 0.277 e. The van der Waals surface area contributed by atoms with E-state index in [0.717, 1.165) is 6.42 Å². The summed E-state index contributed by atoms with van der Waals surface area (Å²) < 4.78 is 29.0. The first kappa shape index (κ1) is 30.2. The molecule has 0 aliphatic carbocycles. The highest BCUT2D eigenvalue weighted by molar-refractivity contribution is 7.91. The summed E-state index contributed by atoms with van der Waals surface area (Å²) in [5.74, 6) is -0.813. The van der Waals surface area contributed by atoms with Gasteiger partial charge < -0.3 is 10.4 Å². The lowest BCUT2D eigenvalue weighted by Gasteiger charge is -2.23. The molecule has 3 aromatic carbocycles. The molecule has 0 saturated carbocycles. The number of sulfone groups is 1. The molecule has 1 unspecified atom stereocenters. The summed E-state index contributed by atoms with van der Waals surface area (Å²) in [5, 5.41) is 22.8. The van der Waals surface area contributed by atoms with Gasteiger partial charge in [-0.1, -0.05) is 56.7 Å². The van der Waals surface area contributed by atoms with Crippen molar-refractivity contribution in [2.24, 2.45) is 0 Å². The SMILES string of the molecule is CCCCc1nc(O)c(S(=O)(=O)c2ccc(-c3cccc(C(=O)NC)c3)cc2)c(=O)n1C(CC)c1cccc(C#N)c1. The van der Waals surface area contributed by atoms with Crippen molar-refractivity contribution < 1.29 is 18.3 Å². The van der Waals surface area contributed by atoms with Crippen LogP contribution >= 0.6 is 0 Å². The number of nitrogens with zero attached hydrogens (tertiary/aromatic N) is 3. The minimum atomic E-state index is -4.48. The fraction of sp³-hybridized carbons (Fsp3) is 0.250. The van der Waals surface area contributed by atoms with Crippen molar-refractivity contribution in [3.05, 3.63) is 106 Å². The second-order valence-corrected chi connectivity index (χ2v) is 11.7. The van der Waals surface area contributed by atoms with Crippen LogP contribution < -0.4 is 10.9 Å². The molecule has 4 rings (SSSR count). The molecule has 0 aliphatic rings. The van der Waals surface area contributed by atoms with E-state index >= 15 is 0 Å². The summed E-state index contributed by atoms with van der Waals surface area (Å²) in [6, 6.07) is 21.1. The fourth-order valence-corrected chi connectivity index (χ4v) is 6.27. The van der Waals surface area contributed by atoms with E-state index < -0.39 is 32.2 Å². The Morgan fingerprint density at radius 2 is 1.76 bits per heavy atom. The Bertz CT molecular complexity index is 1820. The van der Waals surface area contributed by atoms with Gasteiger partial charge in [0.05, 0.1) is 22.6 Å². The van der Waals surface area contributed by atoms with Crippen LogP contribution in [0.4, 0.5) is 0 Å². The highest BCUT2D eigenvalue weighted by Gasteiger charge is 2.31. The van der Waals surface area contributed by atoms with Gasteiger partial charge in [0, 0.05) is 19.0 Å². The molecule has 1 heterocycles. The Balaban J connectivity index is 1.83. The lowest BCUT2D eigenvalue weighted by molar-refractivity contribution is 0.0963. The molecule has 9 nitrogen and oxygen atoms in total. The molecule has 0 spiro atoms. The molecular weight excluding hydrogens is 552 g/mol. The molecule has 1 atom stereocenters. The molecule has 216 valence electrons. The van der Waals surface area contributed by atoms with Crippen LogP contribution in [0.2, 0.25) is 0 Å². The number of aromatic hydroxyl groups is 1. The summed E-state index contributed by atoms with van der Waals surface area (Å²) in [6.45, 7) is 3.84. The molecule has 42 heavy (non-hydrogen) atoms. The average molecular weight is 585 g/mol. The van der Waals surface area contributed by atoms with Gasteiger partial charge >= 0.3 is 0 Å². The highest BCUT2D eigenvalue weighted by atomic mass is 32.2. The third-order valence-electron chi connectivity index (χ3n) is 7.10. The van der Waals surface area contributed by atoms with Crippen LogP contribution in [0.1, 0.15) is 66.5 Å². The van der Waals surface area contributed by atoms with Crippen molar-refractivity contribution in [3.63, 3.8) is 0 Å². The Kier molecular flexibility index (Phi) is 9.23. The van der Waals surface area contributed by atoms with Crippen molar-refractivity contribution >= 4 is 15.7 Å². The molecule has 4 aromatic rings. The topological polar surface area (TPSA) is 142 Å². The number of carbonyl (C=O) groups excluding carboxylic acids is 1. The zero-order chi connectivity index (χ0) is 30.4. The second-order valence-electron chi connectivity index (χ2n) is 9.81. The van der Waals surface area contributed by atoms with Crippen LogP contribution in [0.25, 0.3) is 11.1 Å². The summed E-state index contributed by atoms with van der Waals surface area (Å²) in [4.78, 5) is 29.3. The molecule has 0 saturated heterocycles. The Hall–Kier alpha value is -4.75. The number of carbonyl (C=O) groups is 1. The third kappa shape index (κ3) is 5.97. The fourth-order valence-electron chi connectivity index (χ4n) is 4.93. The molecule has 1 aromatic heterocycles. The smallest absolute Gasteiger partial charge is 0.277 e. The first-order valence-electron chi connectivity index (χ1n) is 13.7. The van der Waals surface area contributed by atoms with E-state index in [1.807, 2.05) is 13.8 Å². The van der Waals surface area contributed by atoms with Crippen LogP contribution in [0, 0.1) is 11.3 Å². The predicted molar refractivity (Wildman–Crippen MR) is 159 cm³/mol. The van der Waals surface area contributed by atoms with Gasteiger partial charge in [0.1, 0.15) is 5.82 Å². The number of benzene rings is 3. The highest BCUT2D eigenvalue weighted by Crippen LogP contribution is 2.30. The van der Waals surface area contributed by atoms with Gasteiger partial charge in [-0.3, -0.25) is 14.2 Å². The molecule has 10 heteroatoms. The minimum absolute atomic E-state index is 0.185. The van der Waals surface area contributed by atoms with Gasteiger partial charge in [0.15, 0.2) is 4.90 Å². The third-order valence-corrected chi connectivity index (χ3v) is 8.89. The van der Waals surface area contributed by atoms with E-state index in [-0.39, 0.29) is 16.6 Å². The van der Waals surface area contributed by atoms with Gasteiger partial charge in [-0.15, -0.1) is 0 Å². The molecule has 0 bridgehead atoms. The molecule has 0 aliphatic heterocycles. The Labute approximate surface area is 245 Å². The number of amides is 1. The second kappa shape index (κ2) is 12.8. The zero-order valence-electron chi connectivity index (χ0n) is 23.7. The van der Waals surface area contributed by atoms with E-state index in [2.05, 4.69) is 16.4 Å². The zero-order valence-corrected chi connectivity index (χ0v) is 24.5. The first-order valence-corrected chi connectivity index (χ1v) is 15.2. The lowest BCUT2D eigenvalue weighted by atomic mass is 10.0. The number of unbranched alkanes of at least 4 members (excludes halogenated alkanes) is 1. The van der Waals surface area contributed by atoms with Gasteiger partial charge in [-0.2, -0.15) is 10.2 Å². The molecule has 2 N–H and O–H groups in total. The average Bonchev–Trinajstić information content (AvgIpc) is 3.01. The quantitative estimate of drug-likeness (QED) is 0.266. The van der Waals surface area contributed by atoms with Gasteiger partial charge in [-0.05, 0) is 65.9 Å². The van der Waals surface area contributed by atoms with Crippen LogP contribution in [0.3, 0.4) is 0 Å². The normalized spacial score (nSPS) is 12.0. The van der Waals surface area contributed by atoms with E-state index in [0.29, 0.717) is 47.1 Å². The monoisotopic (exact) mass is 584 g/mol. The number of aromatic nitrogens is 2. The van der Waals surface area contributed by atoms with Crippen molar-refractivity contribution in [2.45, 2.75) is 55.4 Å². The van der Waals surface area contributed by atoms with Crippen LogP contribution in [-0.2, 0) is 16.3 Å². The van der Waals surface area contributed by atoms with Crippen molar-refractivity contribution in [1.29, 1.82) is 5.26 Å². The van der Waals surface area contributed by atoms with Gasteiger partial charge in [0.2, 0.25) is 15.7 Å². The maximum atomic E-state index is 14.0. The van der Waals surface area contributed by atoms with E-state index in [9.17, 15) is 28.4 Å².